The molecule has 1 amide bonds. The van der Waals surface area contributed by atoms with Gasteiger partial charge in [0.15, 0.2) is 6.61 Å². The van der Waals surface area contributed by atoms with Crippen molar-refractivity contribution in [2.24, 2.45) is 5.73 Å². The Bertz CT molecular complexity index is 713. The topological polar surface area (TPSA) is 73.4 Å². The summed E-state index contributed by atoms with van der Waals surface area (Å²) in [6.45, 7) is 4.87. The summed E-state index contributed by atoms with van der Waals surface area (Å²) in [4.78, 5) is 13.4. The second kappa shape index (κ2) is 8.16. The van der Waals surface area contributed by atoms with E-state index in [2.05, 4.69) is 29.2 Å². The number of nitrogens with zero attached hydrogens (tertiary/aromatic N) is 3. The predicted octanol–water partition coefficient (Wildman–Crippen LogP) is 2.11. The van der Waals surface area contributed by atoms with Gasteiger partial charge in [-0.05, 0) is 49.6 Å². The number of likely N-dealkylation sites (tertiary alicyclic amines) is 1. The van der Waals surface area contributed by atoms with Gasteiger partial charge in [0.05, 0.1) is 12.7 Å². The third-order valence-electron chi connectivity index (χ3n) is 4.57. The lowest BCUT2D eigenvalue weighted by molar-refractivity contribution is -0.119. The maximum atomic E-state index is 10.9. The molecule has 1 aromatic carbocycles. The number of nitrogens with two attached hydrogens (primary N) is 1. The average Bonchev–Trinajstić information content (AvgIpc) is 3.00. The average molecular weight is 342 g/mol. The lowest BCUT2D eigenvalue weighted by atomic mass is 10.0. The molecule has 0 aliphatic carbocycles. The van der Waals surface area contributed by atoms with E-state index in [0.29, 0.717) is 11.8 Å². The Morgan fingerprint density at radius 1 is 1.40 bits per heavy atom. The van der Waals surface area contributed by atoms with Crippen LogP contribution in [0.25, 0.3) is 0 Å². The first-order chi connectivity index (χ1) is 12.1. The molecule has 1 fully saturated rings. The van der Waals surface area contributed by atoms with Gasteiger partial charge < -0.3 is 10.5 Å². The van der Waals surface area contributed by atoms with Crippen LogP contribution in [0.4, 0.5) is 0 Å². The van der Waals surface area contributed by atoms with Crippen molar-refractivity contribution in [3.63, 3.8) is 0 Å². The number of hydrogen-bond acceptors (Lipinski definition) is 4. The van der Waals surface area contributed by atoms with E-state index in [4.69, 9.17) is 10.5 Å². The summed E-state index contributed by atoms with van der Waals surface area (Å²) < 4.78 is 7.46. The van der Waals surface area contributed by atoms with Gasteiger partial charge in [0, 0.05) is 18.8 Å². The van der Waals surface area contributed by atoms with Crippen LogP contribution in [0.3, 0.4) is 0 Å². The first-order valence-corrected chi connectivity index (χ1v) is 8.83. The quantitative estimate of drug-likeness (QED) is 0.836. The number of piperidine rings is 1. The van der Waals surface area contributed by atoms with Crippen molar-refractivity contribution in [2.45, 2.75) is 45.3 Å². The van der Waals surface area contributed by atoms with Crippen LogP contribution in [0, 0.1) is 6.92 Å². The van der Waals surface area contributed by atoms with E-state index in [9.17, 15) is 4.79 Å². The molecular formula is C19H26N4O2. The third-order valence-corrected chi connectivity index (χ3v) is 4.57. The molecule has 6 nitrogen and oxygen atoms in total. The van der Waals surface area contributed by atoms with E-state index in [1.54, 1.807) is 0 Å². The van der Waals surface area contributed by atoms with Gasteiger partial charge in [-0.2, -0.15) is 5.10 Å². The third kappa shape index (κ3) is 5.06. The molecule has 2 N–H and O–H groups in total. The van der Waals surface area contributed by atoms with Gasteiger partial charge in [0.25, 0.3) is 5.91 Å². The molecule has 1 aliphatic heterocycles. The Labute approximate surface area is 148 Å². The van der Waals surface area contributed by atoms with Gasteiger partial charge in [-0.25, -0.2) is 0 Å². The highest BCUT2D eigenvalue weighted by Crippen LogP contribution is 2.22. The van der Waals surface area contributed by atoms with E-state index < -0.39 is 5.91 Å². The SMILES string of the molecule is Cc1cnn(CC2CCCCN2Cc2cccc(OCC(N)=O)c2)c1. The molecule has 1 saturated heterocycles. The molecule has 1 aromatic heterocycles. The summed E-state index contributed by atoms with van der Waals surface area (Å²) in [6.07, 6.45) is 7.70. The molecular weight excluding hydrogens is 316 g/mol. The number of amides is 1. The maximum Gasteiger partial charge on any atom is 0.255 e. The first-order valence-electron chi connectivity index (χ1n) is 8.83. The lowest BCUT2D eigenvalue weighted by Gasteiger charge is -2.35. The van der Waals surface area contributed by atoms with Gasteiger partial charge in [0.2, 0.25) is 0 Å². The van der Waals surface area contributed by atoms with Crippen molar-refractivity contribution in [3.05, 3.63) is 47.8 Å². The highest BCUT2D eigenvalue weighted by Gasteiger charge is 2.23. The summed E-state index contributed by atoms with van der Waals surface area (Å²) in [5.74, 6) is 0.226. The minimum atomic E-state index is -0.462. The number of carbonyl (C=O) groups excluding carboxylic acids is 1. The van der Waals surface area contributed by atoms with Crippen molar-refractivity contribution in [1.29, 1.82) is 0 Å². The van der Waals surface area contributed by atoms with Crippen molar-refractivity contribution in [2.75, 3.05) is 13.2 Å². The van der Waals surface area contributed by atoms with E-state index >= 15 is 0 Å². The summed E-state index contributed by atoms with van der Waals surface area (Å²) in [6, 6.07) is 8.39. The molecule has 134 valence electrons. The summed E-state index contributed by atoms with van der Waals surface area (Å²) in [5.41, 5.74) is 7.52. The Kier molecular flexibility index (Phi) is 5.71. The minimum Gasteiger partial charge on any atom is -0.484 e. The zero-order chi connectivity index (χ0) is 17.6. The van der Waals surface area contributed by atoms with Crippen LogP contribution in [0.1, 0.15) is 30.4 Å². The van der Waals surface area contributed by atoms with Gasteiger partial charge in [-0.1, -0.05) is 18.6 Å². The normalized spacial score (nSPS) is 18.2. The standard InChI is InChI=1S/C19H26N4O2/c1-15-10-21-23(11-15)13-17-6-2-3-8-22(17)12-16-5-4-7-18(9-16)25-14-19(20)24/h4-5,7,9-11,17H,2-3,6,8,12-14H2,1H3,(H2,20,24). The minimum absolute atomic E-state index is 0.0888. The van der Waals surface area contributed by atoms with Gasteiger partial charge >= 0.3 is 0 Å². The highest BCUT2D eigenvalue weighted by atomic mass is 16.5. The number of rotatable bonds is 7. The Balaban J connectivity index is 1.64. The molecule has 0 radical (unpaired) electrons. The molecule has 6 heteroatoms. The zero-order valence-electron chi connectivity index (χ0n) is 14.7. The lowest BCUT2D eigenvalue weighted by Crippen LogP contribution is -2.41. The zero-order valence-corrected chi connectivity index (χ0v) is 14.7. The summed E-state index contributed by atoms with van der Waals surface area (Å²) >= 11 is 0. The van der Waals surface area contributed by atoms with Crippen LogP contribution < -0.4 is 10.5 Å². The van der Waals surface area contributed by atoms with Crippen molar-refractivity contribution >= 4 is 5.91 Å². The van der Waals surface area contributed by atoms with E-state index in [-0.39, 0.29) is 6.61 Å². The van der Waals surface area contributed by atoms with Crippen LogP contribution in [0.15, 0.2) is 36.7 Å². The fraction of sp³-hybridized carbons (Fsp3) is 0.474. The highest BCUT2D eigenvalue weighted by molar-refractivity contribution is 5.75. The predicted molar refractivity (Wildman–Crippen MR) is 96.1 cm³/mol. The smallest absolute Gasteiger partial charge is 0.255 e. The number of hydrogen-bond donors (Lipinski definition) is 1. The summed E-state index contributed by atoms with van der Waals surface area (Å²) in [5, 5.41) is 4.43. The van der Waals surface area contributed by atoms with Crippen LogP contribution >= 0.6 is 0 Å². The molecule has 2 heterocycles. The van der Waals surface area contributed by atoms with Crippen LogP contribution in [0.2, 0.25) is 0 Å². The van der Waals surface area contributed by atoms with Crippen LogP contribution in [0.5, 0.6) is 5.75 Å². The molecule has 25 heavy (non-hydrogen) atoms. The van der Waals surface area contributed by atoms with Crippen molar-refractivity contribution in [3.8, 4) is 5.75 Å². The van der Waals surface area contributed by atoms with E-state index in [1.165, 1.54) is 30.4 Å². The van der Waals surface area contributed by atoms with Gasteiger partial charge in [-0.15, -0.1) is 0 Å². The molecule has 3 rings (SSSR count). The molecule has 1 unspecified atom stereocenters. The summed E-state index contributed by atoms with van der Waals surface area (Å²) in [7, 11) is 0. The van der Waals surface area contributed by atoms with Crippen LogP contribution in [-0.4, -0.2) is 39.8 Å². The molecule has 2 aromatic rings. The van der Waals surface area contributed by atoms with E-state index in [0.717, 1.165) is 19.6 Å². The molecule has 0 saturated carbocycles. The van der Waals surface area contributed by atoms with Crippen molar-refractivity contribution in [1.82, 2.24) is 14.7 Å². The molecule has 1 atom stereocenters. The Morgan fingerprint density at radius 3 is 3.04 bits per heavy atom. The largest absolute Gasteiger partial charge is 0.484 e. The Morgan fingerprint density at radius 2 is 2.28 bits per heavy atom. The van der Waals surface area contributed by atoms with Crippen LogP contribution in [-0.2, 0) is 17.9 Å². The van der Waals surface area contributed by atoms with Crippen molar-refractivity contribution < 1.29 is 9.53 Å². The maximum absolute atomic E-state index is 10.9. The molecule has 1 aliphatic rings. The second-order valence-electron chi connectivity index (χ2n) is 6.76. The number of aromatic nitrogens is 2. The van der Waals surface area contributed by atoms with E-state index in [1.807, 2.05) is 29.1 Å². The fourth-order valence-electron chi connectivity index (χ4n) is 3.38. The fourth-order valence-corrected chi connectivity index (χ4v) is 3.38. The number of carbonyl (C=O) groups is 1. The first kappa shape index (κ1) is 17.5. The monoisotopic (exact) mass is 342 g/mol. The molecule has 0 bridgehead atoms. The molecule has 0 spiro atoms. The van der Waals surface area contributed by atoms with Gasteiger partial charge in [-0.3, -0.25) is 14.4 Å². The van der Waals surface area contributed by atoms with Gasteiger partial charge in [0.1, 0.15) is 5.75 Å². The number of ether oxygens (including phenoxy) is 1. The number of benzene rings is 1. The number of primary amides is 1. The Hall–Kier alpha value is -2.34. The number of aryl methyl sites for hydroxylation is 1. The second-order valence-corrected chi connectivity index (χ2v) is 6.76.